The van der Waals surface area contributed by atoms with Crippen molar-refractivity contribution in [3.8, 4) is 5.75 Å². The van der Waals surface area contributed by atoms with Crippen LogP contribution in [0, 0.1) is 5.92 Å². The van der Waals surface area contributed by atoms with E-state index in [0.717, 1.165) is 11.8 Å². The van der Waals surface area contributed by atoms with Crippen LogP contribution in [0.15, 0.2) is 47.7 Å². The van der Waals surface area contributed by atoms with Gasteiger partial charge in [-0.2, -0.15) is 0 Å². The van der Waals surface area contributed by atoms with Crippen molar-refractivity contribution in [1.82, 2.24) is 0 Å². The third-order valence-electron chi connectivity index (χ3n) is 6.19. The molecule has 0 radical (unpaired) electrons. The van der Waals surface area contributed by atoms with Gasteiger partial charge in [0.05, 0.1) is 38.6 Å². The van der Waals surface area contributed by atoms with Crippen LogP contribution >= 0.6 is 0 Å². The standard InChI is InChI=1S/C25H32O12/c1-3-15-16(10-19(28)34-9-8-13-4-6-14(27)7-5-13)17(23(32)33-2)12-35-24(15)37-25-22(31)21(30)20(29)18(11-26)36-25/h3-7,12,16,18,20-22,24-27,29-31H,8-11H2,1-2H3/t16-,18+,20+,21-,22+,24-,25-/m0/s1. The molecule has 3 rings (SSSR count). The number of rotatable bonds is 9. The molecule has 0 aliphatic carbocycles. The first-order valence-electron chi connectivity index (χ1n) is 11.7. The van der Waals surface area contributed by atoms with Crippen LogP contribution in [-0.2, 0) is 39.7 Å². The number of hydrogen-bond acceptors (Lipinski definition) is 12. The molecule has 0 unspecified atom stereocenters. The summed E-state index contributed by atoms with van der Waals surface area (Å²) in [4.78, 5) is 25.1. The van der Waals surface area contributed by atoms with E-state index in [1.807, 2.05) is 0 Å². The zero-order chi connectivity index (χ0) is 27.1. The van der Waals surface area contributed by atoms with Gasteiger partial charge in [0.2, 0.25) is 6.29 Å². The Morgan fingerprint density at radius 2 is 1.78 bits per heavy atom. The molecule has 0 aromatic heterocycles. The van der Waals surface area contributed by atoms with E-state index in [2.05, 4.69) is 0 Å². The lowest BCUT2D eigenvalue weighted by Gasteiger charge is -2.41. The molecular weight excluding hydrogens is 492 g/mol. The average molecular weight is 525 g/mol. The van der Waals surface area contributed by atoms with E-state index in [1.54, 1.807) is 25.1 Å². The number of phenols is 1. The van der Waals surface area contributed by atoms with Crippen molar-refractivity contribution in [1.29, 1.82) is 0 Å². The summed E-state index contributed by atoms with van der Waals surface area (Å²) in [7, 11) is 1.18. The number of aliphatic hydroxyl groups is 4. The van der Waals surface area contributed by atoms with Crippen molar-refractivity contribution in [2.45, 2.75) is 56.8 Å². The molecule has 12 nitrogen and oxygen atoms in total. The van der Waals surface area contributed by atoms with Crippen molar-refractivity contribution < 1.29 is 58.8 Å². The maximum Gasteiger partial charge on any atom is 0.337 e. The van der Waals surface area contributed by atoms with E-state index >= 15 is 0 Å². The van der Waals surface area contributed by atoms with E-state index < -0.39 is 61.5 Å². The third-order valence-corrected chi connectivity index (χ3v) is 6.19. The van der Waals surface area contributed by atoms with Gasteiger partial charge in [-0.3, -0.25) is 4.79 Å². The Kier molecular flexibility index (Phi) is 10.0. The number of ether oxygens (including phenoxy) is 5. The Hall–Kier alpha value is -3.00. The molecule has 1 fully saturated rings. The molecule has 1 aromatic rings. The molecule has 1 saturated heterocycles. The predicted octanol–water partition coefficient (Wildman–Crippen LogP) is -0.340. The van der Waals surface area contributed by atoms with Crippen molar-refractivity contribution in [3.63, 3.8) is 0 Å². The van der Waals surface area contributed by atoms with E-state index in [9.17, 15) is 35.1 Å². The van der Waals surface area contributed by atoms with Crippen LogP contribution in [0.2, 0.25) is 0 Å². The number of hydrogen-bond donors (Lipinski definition) is 5. The predicted molar refractivity (Wildman–Crippen MR) is 124 cm³/mol. The minimum atomic E-state index is -1.67. The molecule has 2 aliphatic rings. The van der Waals surface area contributed by atoms with Gasteiger partial charge in [-0.1, -0.05) is 18.2 Å². The molecule has 0 spiro atoms. The largest absolute Gasteiger partial charge is 0.508 e. The van der Waals surface area contributed by atoms with Gasteiger partial charge in [-0.25, -0.2) is 4.79 Å². The SMILES string of the molecule is CC=C1[C@H](O[C@@H]2O[C@H](CO)[C@@H](O)[C@H](O)[C@H]2O)OC=C(C(=O)OC)[C@H]1CC(=O)OCCc1ccc(O)cc1. The van der Waals surface area contributed by atoms with Crippen LogP contribution in [0.3, 0.4) is 0 Å². The lowest BCUT2D eigenvalue weighted by molar-refractivity contribution is -0.327. The normalized spacial score (nSPS) is 30.8. The van der Waals surface area contributed by atoms with Crippen LogP contribution in [0.4, 0.5) is 0 Å². The Labute approximate surface area is 213 Å². The lowest BCUT2D eigenvalue weighted by atomic mass is 9.86. The first-order valence-corrected chi connectivity index (χ1v) is 11.7. The second kappa shape index (κ2) is 13.0. The first-order chi connectivity index (χ1) is 17.7. The molecular formula is C25H32O12. The van der Waals surface area contributed by atoms with Crippen LogP contribution in [0.1, 0.15) is 18.9 Å². The number of esters is 2. The number of phenolic OH excluding ortho intramolecular Hbond substituents is 1. The first kappa shape index (κ1) is 28.6. The van der Waals surface area contributed by atoms with Crippen molar-refractivity contribution >= 4 is 11.9 Å². The highest BCUT2D eigenvalue weighted by Crippen LogP contribution is 2.36. The Morgan fingerprint density at radius 1 is 1.08 bits per heavy atom. The minimum Gasteiger partial charge on any atom is -0.508 e. The highest BCUT2D eigenvalue weighted by Gasteiger charge is 2.46. The summed E-state index contributed by atoms with van der Waals surface area (Å²) in [6, 6.07) is 6.47. The van der Waals surface area contributed by atoms with Gasteiger partial charge in [0.15, 0.2) is 6.29 Å². The molecule has 37 heavy (non-hydrogen) atoms. The van der Waals surface area contributed by atoms with Crippen LogP contribution in [0.5, 0.6) is 5.75 Å². The highest BCUT2D eigenvalue weighted by atomic mass is 16.8. The van der Waals surface area contributed by atoms with Gasteiger partial charge in [0, 0.05) is 17.9 Å². The molecule has 7 atom stereocenters. The van der Waals surface area contributed by atoms with Gasteiger partial charge < -0.3 is 49.2 Å². The number of benzene rings is 1. The van der Waals surface area contributed by atoms with Crippen molar-refractivity contribution in [2.75, 3.05) is 20.3 Å². The van der Waals surface area contributed by atoms with Gasteiger partial charge in [0.25, 0.3) is 0 Å². The smallest absolute Gasteiger partial charge is 0.337 e. The van der Waals surface area contributed by atoms with E-state index in [1.165, 1.54) is 19.2 Å². The second-order valence-electron chi connectivity index (χ2n) is 8.55. The van der Waals surface area contributed by atoms with Crippen LogP contribution < -0.4 is 0 Å². The molecule has 0 saturated carbocycles. The Balaban J connectivity index is 1.71. The second-order valence-corrected chi connectivity index (χ2v) is 8.55. The molecule has 2 aliphatic heterocycles. The molecule has 204 valence electrons. The van der Waals surface area contributed by atoms with Crippen molar-refractivity contribution in [3.05, 3.63) is 53.3 Å². The molecule has 2 heterocycles. The fourth-order valence-corrected chi connectivity index (χ4v) is 4.10. The zero-order valence-electron chi connectivity index (χ0n) is 20.4. The third kappa shape index (κ3) is 6.86. The Morgan fingerprint density at radius 3 is 2.41 bits per heavy atom. The summed E-state index contributed by atoms with van der Waals surface area (Å²) in [5.41, 5.74) is 1.23. The minimum absolute atomic E-state index is 0.0414. The molecule has 12 heteroatoms. The number of carbonyl (C=O) groups is 2. The fourth-order valence-electron chi connectivity index (χ4n) is 4.10. The molecule has 1 aromatic carbocycles. The number of methoxy groups -OCH3 is 1. The highest BCUT2D eigenvalue weighted by molar-refractivity contribution is 5.90. The monoisotopic (exact) mass is 524 g/mol. The summed E-state index contributed by atoms with van der Waals surface area (Å²) < 4.78 is 26.8. The van der Waals surface area contributed by atoms with Gasteiger partial charge in [-0.05, 0) is 24.6 Å². The number of aromatic hydroxyl groups is 1. The molecule has 5 N–H and O–H groups in total. The summed E-state index contributed by atoms with van der Waals surface area (Å²) >= 11 is 0. The van der Waals surface area contributed by atoms with Crippen LogP contribution in [-0.4, -0.2) is 94.8 Å². The Bertz CT molecular complexity index is 986. The fraction of sp³-hybridized carbons (Fsp3) is 0.520. The number of carbonyl (C=O) groups excluding carboxylic acids is 2. The van der Waals surface area contributed by atoms with E-state index in [-0.39, 0.29) is 24.4 Å². The molecule has 0 bridgehead atoms. The topological polar surface area (TPSA) is 181 Å². The summed E-state index contributed by atoms with van der Waals surface area (Å²) in [5, 5.41) is 49.1. The zero-order valence-corrected chi connectivity index (χ0v) is 20.4. The van der Waals surface area contributed by atoms with Gasteiger partial charge in [-0.15, -0.1) is 0 Å². The van der Waals surface area contributed by atoms with E-state index in [0.29, 0.717) is 12.0 Å². The van der Waals surface area contributed by atoms with Crippen LogP contribution in [0.25, 0.3) is 0 Å². The molecule has 0 amide bonds. The summed E-state index contributed by atoms with van der Waals surface area (Å²) in [6.07, 6.45) is -6.02. The number of aliphatic hydroxyl groups excluding tert-OH is 4. The average Bonchev–Trinajstić information content (AvgIpc) is 2.89. The maximum atomic E-state index is 12.7. The van der Waals surface area contributed by atoms with Gasteiger partial charge in [0.1, 0.15) is 30.2 Å². The number of allylic oxidation sites excluding steroid dienone is 1. The van der Waals surface area contributed by atoms with Crippen molar-refractivity contribution in [2.24, 2.45) is 5.92 Å². The maximum absolute atomic E-state index is 12.7. The summed E-state index contributed by atoms with van der Waals surface area (Å²) in [6.45, 7) is 1.06. The summed E-state index contributed by atoms with van der Waals surface area (Å²) in [5.74, 6) is -2.07. The van der Waals surface area contributed by atoms with E-state index in [4.69, 9.17) is 23.7 Å². The quantitative estimate of drug-likeness (QED) is 0.210. The lowest BCUT2D eigenvalue weighted by Crippen LogP contribution is -2.60. The van der Waals surface area contributed by atoms with Gasteiger partial charge >= 0.3 is 11.9 Å².